The van der Waals surface area contributed by atoms with Crippen molar-refractivity contribution in [3.63, 3.8) is 0 Å². The van der Waals surface area contributed by atoms with Gasteiger partial charge < -0.3 is 5.11 Å². The van der Waals surface area contributed by atoms with Crippen LogP contribution in [0.25, 0.3) is 0 Å². The second-order valence-electron chi connectivity index (χ2n) is 6.61. The predicted molar refractivity (Wildman–Crippen MR) is 74.9 cm³/mol. The summed E-state index contributed by atoms with van der Waals surface area (Å²) in [5.74, 6) is 2.02. The lowest BCUT2D eigenvalue weighted by atomic mass is 9.57. The number of phenolic OH excluding ortho intramolecular Hbond substituents is 1. The van der Waals surface area contributed by atoms with Crippen molar-refractivity contribution in [1.29, 1.82) is 0 Å². The normalized spacial score (nSPS) is 35.4. The number of phenols is 1. The Balaban J connectivity index is 2.11. The van der Waals surface area contributed by atoms with E-state index in [1.54, 1.807) is 0 Å². The maximum Gasteiger partial charge on any atom is 0.115 e. The Morgan fingerprint density at radius 3 is 2.89 bits per heavy atom. The fourth-order valence-electron chi connectivity index (χ4n) is 4.29. The van der Waals surface area contributed by atoms with Crippen LogP contribution in [-0.4, -0.2) is 5.11 Å². The molecule has 0 heterocycles. The Bertz CT molecular complexity index is 451. The van der Waals surface area contributed by atoms with Crippen molar-refractivity contribution in [1.82, 2.24) is 0 Å². The van der Waals surface area contributed by atoms with Crippen molar-refractivity contribution in [2.24, 2.45) is 11.8 Å². The van der Waals surface area contributed by atoms with E-state index < -0.39 is 0 Å². The highest BCUT2D eigenvalue weighted by atomic mass is 16.3. The van der Waals surface area contributed by atoms with Crippen molar-refractivity contribution in [3.8, 4) is 5.75 Å². The Morgan fingerprint density at radius 2 is 2.06 bits per heavy atom. The van der Waals surface area contributed by atoms with Crippen LogP contribution in [0.15, 0.2) is 18.2 Å². The lowest BCUT2D eigenvalue weighted by Gasteiger charge is -2.47. The molecule has 18 heavy (non-hydrogen) atoms. The van der Waals surface area contributed by atoms with Gasteiger partial charge in [-0.3, -0.25) is 0 Å². The molecule has 1 nitrogen and oxygen atoms in total. The van der Waals surface area contributed by atoms with Gasteiger partial charge >= 0.3 is 0 Å². The van der Waals surface area contributed by atoms with Crippen LogP contribution in [-0.2, 0) is 11.8 Å². The van der Waals surface area contributed by atoms with Gasteiger partial charge in [0.05, 0.1) is 0 Å². The Hall–Kier alpha value is -0.980. The molecule has 0 amide bonds. The zero-order valence-electron chi connectivity index (χ0n) is 11.6. The fraction of sp³-hybridized carbons (Fsp3) is 0.647. The Labute approximate surface area is 110 Å². The highest BCUT2D eigenvalue weighted by Crippen LogP contribution is 2.50. The lowest BCUT2D eigenvalue weighted by Crippen LogP contribution is -2.41. The van der Waals surface area contributed by atoms with E-state index in [2.05, 4.69) is 19.9 Å². The van der Waals surface area contributed by atoms with Gasteiger partial charge in [-0.15, -0.1) is 0 Å². The van der Waals surface area contributed by atoms with E-state index in [1.165, 1.54) is 49.7 Å². The molecule has 2 aliphatic carbocycles. The minimum Gasteiger partial charge on any atom is -0.508 e. The van der Waals surface area contributed by atoms with Gasteiger partial charge in [-0.1, -0.05) is 39.2 Å². The maximum atomic E-state index is 9.81. The van der Waals surface area contributed by atoms with Gasteiger partial charge in [0.1, 0.15) is 5.75 Å². The van der Waals surface area contributed by atoms with E-state index >= 15 is 0 Å². The highest BCUT2D eigenvalue weighted by Gasteiger charge is 2.43. The molecule has 1 N–H and O–H groups in total. The zero-order valence-corrected chi connectivity index (χ0v) is 11.6. The quantitative estimate of drug-likeness (QED) is 0.716. The SMILES string of the molecule is C[C@H]1[C@H]2CCCCC[C@]1(C)c1cc(O)ccc1C2. The molecule has 2 aliphatic rings. The molecule has 0 radical (unpaired) electrons. The van der Waals surface area contributed by atoms with Gasteiger partial charge in [-0.25, -0.2) is 0 Å². The zero-order chi connectivity index (χ0) is 12.8. The molecule has 1 saturated carbocycles. The molecule has 0 unspecified atom stereocenters. The minimum absolute atomic E-state index is 0.275. The van der Waals surface area contributed by atoms with Gasteiger partial charge in [0.25, 0.3) is 0 Å². The van der Waals surface area contributed by atoms with Crippen LogP contribution in [0.4, 0.5) is 0 Å². The summed E-state index contributed by atoms with van der Waals surface area (Å²) < 4.78 is 0. The Morgan fingerprint density at radius 1 is 1.22 bits per heavy atom. The predicted octanol–water partition coefficient (Wildman–Crippen LogP) is 4.42. The van der Waals surface area contributed by atoms with Crippen LogP contribution in [0, 0.1) is 11.8 Å². The first-order valence-electron chi connectivity index (χ1n) is 7.43. The Kier molecular flexibility index (Phi) is 2.88. The summed E-state index contributed by atoms with van der Waals surface area (Å²) in [6.07, 6.45) is 8.00. The average molecular weight is 244 g/mol. The van der Waals surface area contributed by atoms with Crippen molar-refractivity contribution in [2.45, 2.75) is 57.8 Å². The van der Waals surface area contributed by atoms with Crippen LogP contribution >= 0.6 is 0 Å². The number of aromatic hydroxyl groups is 1. The fourth-order valence-corrected chi connectivity index (χ4v) is 4.29. The molecule has 98 valence electrons. The topological polar surface area (TPSA) is 20.2 Å². The van der Waals surface area contributed by atoms with Crippen molar-refractivity contribution >= 4 is 0 Å². The van der Waals surface area contributed by atoms with E-state index in [0.717, 1.165) is 11.8 Å². The van der Waals surface area contributed by atoms with Crippen LogP contribution in [0.3, 0.4) is 0 Å². The van der Waals surface area contributed by atoms with E-state index in [1.807, 2.05) is 12.1 Å². The second-order valence-corrected chi connectivity index (χ2v) is 6.61. The van der Waals surface area contributed by atoms with Gasteiger partial charge in [0.15, 0.2) is 0 Å². The molecular formula is C17H24O. The summed E-state index contributed by atoms with van der Waals surface area (Å²) in [5, 5.41) is 9.81. The maximum absolute atomic E-state index is 9.81. The molecule has 0 saturated heterocycles. The first kappa shape index (κ1) is 12.1. The van der Waals surface area contributed by atoms with Crippen molar-refractivity contribution < 1.29 is 5.11 Å². The van der Waals surface area contributed by atoms with Gasteiger partial charge in [-0.05, 0) is 59.8 Å². The van der Waals surface area contributed by atoms with E-state index in [9.17, 15) is 5.11 Å². The summed E-state index contributed by atoms with van der Waals surface area (Å²) in [5.41, 5.74) is 3.19. The monoisotopic (exact) mass is 244 g/mol. The molecule has 2 bridgehead atoms. The number of hydrogen-bond donors (Lipinski definition) is 1. The summed E-state index contributed by atoms with van der Waals surface area (Å²) in [6, 6.07) is 6.05. The largest absolute Gasteiger partial charge is 0.508 e. The minimum atomic E-state index is 0.275. The summed E-state index contributed by atoms with van der Waals surface area (Å²) in [4.78, 5) is 0. The highest BCUT2D eigenvalue weighted by molar-refractivity contribution is 5.42. The molecule has 1 aromatic rings. The molecule has 1 aromatic carbocycles. The van der Waals surface area contributed by atoms with E-state index in [4.69, 9.17) is 0 Å². The third kappa shape index (κ3) is 1.75. The standard InChI is InChI=1S/C17H24O/c1-12-13-6-4-3-5-9-17(12,2)16-11-15(18)8-7-14(16)10-13/h7-8,11-13,18H,3-6,9-10H2,1-2H3/t12-,13-,17-/m0/s1. The van der Waals surface area contributed by atoms with E-state index in [0.29, 0.717) is 5.75 Å². The number of rotatable bonds is 0. The molecule has 1 fully saturated rings. The third-order valence-corrected chi connectivity index (χ3v) is 5.67. The van der Waals surface area contributed by atoms with Gasteiger partial charge in [0, 0.05) is 0 Å². The summed E-state index contributed by atoms with van der Waals surface area (Å²) in [7, 11) is 0. The van der Waals surface area contributed by atoms with Crippen molar-refractivity contribution in [3.05, 3.63) is 29.3 Å². The van der Waals surface area contributed by atoms with Crippen molar-refractivity contribution in [2.75, 3.05) is 0 Å². The third-order valence-electron chi connectivity index (χ3n) is 5.67. The van der Waals surface area contributed by atoms with Gasteiger partial charge in [0.2, 0.25) is 0 Å². The molecule has 3 rings (SSSR count). The van der Waals surface area contributed by atoms with Gasteiger partial charge in [-0.2, -0.15) is 0 Å². The molecule has 1 heteroatoms. The number of hydrogen-bond acceptors (Lipinski definition) is 1. The van der Waals surface area contributed by atoms with E-state index in [-0.39, 0.29) is 5.41 Å². The smallest absolute Gasteiger partial charge is 0.115 e. The van der Waals surface area contributed by atoms with Crippen LogP contribution < -0.4 is 0 Å². The summed E-state index contributed by atoms with van der Waals surface area (Å²) >= 11 is 0. The first-order chi connectivity index (χ1) is 8.61. The number of benzene rings is 1. The first-order valence-corrected chi connectivity index (χ1v) is 7.43. The average Bonchev–Trinajstić information content (AvgIpc) is 2.35. The second kappa shape index (κ2) is 4.29. The van der Waals surface area contributed by atoms with Crippen LogP contribution in [0.5, 0.6) is 5.75 Å². The lowest BCUT2D eigenvalue weighted by molar-refractivity contribution is 0.151. The van der Waals surface area contributed by atoms with Crippen LogP contribution in [0.2, 0.25) is 0 Å². The molecule has 0 spiro atoms. The number of fused-ring (bicyclic) bond motifs is 4. The summed E-state index contributed by atoms with van der Waals surface area (Å²) in [6.45, 7) is 4.86. The molecule has 3 atom stereocenters. The molecular weight excluding hydrogens is 220 g/mol. The molecule has 0 aliphatic heterocycles. The van der Waals surface area contributed by atoms with Crippen LogP contribution in [0.1, 0.15) is 57.1 Å². The molecule has 0 aromatic heterocycles.